The smallest absolute Gasteiger partial charge is 0.0333 e. The van der Waals surface area contributed by atoms with Crippen LogP contribution in [0.1, 0.15) is 66.7 Å². The molecule has 0 bridgehead atoms. The molecular weight excluding hydrogens is 220 g/mol. The highest BCUT2D eigenvalue weighted by Gasteiger charge is 2.34. The number of hydrogen-bond acceptors (Lipinski definition) is 2. The van der Waals surface area contributed by atoms with Gasteiger partial charge in [-0.3, -0.25) is 4.90 Å². The van der Waals surface area contributed by atoms with Gasteiger partial charge in [0.2, 0.25) is 0 Å². The second-order valence-electron chi connectivity index (χ2n) is 6.75. The Kier molecular flexibility index (Phi) is 8.89. The molecule has 0 spiro atoms. The van der Waals surface area contributed by atoms with E-state index >= 15 is 0 Å². The molecule has 0 aromatic rings. The van der Waals surface area contributed by atoms with Crippen molar-refractivity contribution in [1.82, 2.24) is 4.90 Å². The van der Waals surface area contributed by atoms with Gasteiger partial charge in [0.25, 0.3) is 0 Å². The highest BCUT2D eigenvalue weighted by molar-refractivity contribution is 4.92. The first-order valence-electron chi connectivity index (χ1n) is 7.79. The molecule has 2 heteroatoms. The molecule has 0 aromatic carbocycles. The molecule has 0 aliphatic heterocycles. The molecule has 0 fully saturated rings. The van der Waals surface area contributed by atoms with E-state index < -0.39 is 0 Å². The van der Waals surface area contributed by atoms with Crippen LogP contribution in [0.15, 0.2) is 0 Å². The molecule has 0 aliphatic rings. The second kappa shape index (κ2) is 8.92. The second-order valence-corrected chi connectivity index (χ2v) is 6.75. The summed E-state index contributed by atoms with van der Waals surface area (Å²) in [4.78, 5) is 2.54. The van der Waals surface area contributed by atoms with Crippen molar-refractivity contribution >= 4 is 0 Å². The van der Waals surface area contributed by atoms with Crippen molar-refractivity contribution in [2.45, 2.75) is 72.3 Å². The fourth-order valence-electron chi connectivity index (χ4n) is 3.07. The van der Waals surface area contributed by atoms with Gasteiger partial charge < -0.3 is 5.73 Å². The molecule has 0 heterocycles. The number of unbranched alkanes of at least 4 members (excludes halogenated alkanes) is 2. The van der Waals surface area contributed by atoms with E-state index in [2.05, 4.69) is 46.6 Å². The average molecular weight is 256 g/mol. The lowest BCUT2D eigenvalue weighted by Crippen LogP contribution is -2.54. The van der Waals surface area contributed by atoms with Crippen molar-refractivity contribution in [3.05, 3.63) is 0 Å². The monoisotopic (exact) mass is 256 g/mol. The molecule has 0 atom stereocenters. The average Bonchev–Trinajstić information content (AvgIpc) is 2.26. The molecule has 0 aliphatic carbocycles. The van der Waals surface area contributed by atoms with Gasteiger partial charge in [0.1, 0.15) is 0 Å². The Hall–Kier alpha value is -0.0800. The van der Waals surface area contributed by atoms with Crippen molar-refractivity contribution in [2.75, 3.05) is 20.1 Å². The summed E-state index contributed by atoms with van der Waals surface area (Å²) in [5.74, 6) is 1.42. The van der Waals surface area contributed by atoms with Gasteiger partial charge in [0.15, 0.2) is 0 Å². The van der Waals surface area contributed by atoms with E-state index in [0.29, 0.717) is 11.8 Å². The van der Waals surface area contributed by atoms with Crippen molar-refractivity contribution in [3.63, 3.8) is 0 Å². The molecule has 0 saturated heterocycles. The maximum atomic E-state index is 6.17. The lowest BCUT2D eigenvalue weighted by Gasteiger charge is -2.44. The maximum Gasteiger partial charge on any atom is 0.0333 e. The van der Waals surface area contributed by atoms with Gasteiger partial charge in [-0.15, -0.1) is 0 Å². The van der Waals surface area contributed by atoms with E-state index in [0.717, 1.165) is 6.54 Å². The third-order valence-electron chi connectivity index (χ3n) is 3.86. The minimum atomic E-state index is 0.204. The number of likely N-dealkylation sites (N-methyl/N-ethyl adjacent to an activating group) is 1. The number of nitrogens with zero attached hydrogens (tertiary/aromatic N) is 1. The number of rotatable bonds is 10. The van der Waals surface area contributed by atoms with E-state index in [-0.39, 0.29) is 5.54 Å². The molecule has 0 radical (unpaired) electrons. The van der Waals surface area contributed by atoms with Crippen LogP contribution < -0.4 is 5.73 Å². The SMILES string of the molecule is CCCCCN(C)C(CN)(CC(C)C)CC(C)C. The largest absolute Gasteiger partial charge is 0.329 e. The molecule has 0 unspecified atom stereocenters. The van der Waals surface area contributed by atoms with Gasteiger partial charge in [-0.05, 0) is 44.7 Å². The summed E-state index contributed by atoms with van der Waals surface area (Å²) >= 11 is 0. The van der Waals surface area contributed by atoms with Crippen LogP contribution >= 0.6 is 0 Å². The zero-order chi connectivity index (χ0) is 14.2. The van der Waals surface area contributed by atoms with E-state index in [4.69, 9.17) is 5.73 Å². The first-order chi connectivity index (χ1) is 8.38. The fraction of sp³-hybridized carbons (Fsp3) is 1.00. The van der Waals surface area contributed by atoms with E-state index in [1.165, 1.54) is 38.6 Å². The zero-order valence-corrected chi connectivity index (χ0v) is 13.6. The van der Waals surface area contributed by atoms with Crippen molar-refractivity contribution in [2.24, 2.45) is 17.6 Å². The van der Waals surface area contributed by atoms with Gasteiger partial charge >= 0.3 is 0 Å². The van der Waals surface area contributed by atoms with Crippen molar-refractivity contribution in [1.29, 1.82) is 0 Å². The topological polar surface area (TPSA) is 29.3 Å². The lowest BCUT2D eigenvalue weighted by molar-refractivity contribution is 0.0765. The summed E-state index contributed by atoms with van der Waals surface area (Å²) in [5.41, 5.74) is 6.37. The van der Waals surface area contributed by atoms with Crippen LogP contribution in [-0.2, 0) is 0 Å². The van der Waals surface area contributed by atoms with Crippen LogP contribution in [0.5, 0.6) is 0 Å². The summed E-state index contributed by atoms with van der Waals surface area (Å²) in [6.07, 6.45) is 6.34. The fourth-order valence-corrected chi connectivity index (χ4v) is 3.07. The van der Waals surface area contributed by atoms with E-state index in [1.807, 2.05) is 0 Å². The highest BCUT2D eigenvalue weighted by atomic mass is 15.2. The minimum absolute atomic E-state index is 0.204. The predicted molar refractivity (Wildman–Crippen MR) is 82.9 cm³/mol. The Morgan fingerprint density at radius 2 is 1.50 bits per heavy atom. The van der Waals surface area contributed by atoms with Gasteiger partial charge in [0, 0.05) is 12.1 Å². The lowest BCUT2D eigenvalue weighted by atomic mass is 9.80. The zero-order valence-electron chi connectivity index (χ0n) is 13.6. The summed E-state index contributed by atoms with van der Waals surface area (Å²) in [5, 5.41) is 0. The highest BCUT2D eigenvalue weighted by Crippen LogP contribution is 2.29. The predicted octanol–water partition coefficient (Wildman–Crippen LogP) is 3.90. The van der Waals surface area contributed by atoms with Crippen LogP contribution in [0.3, 0.4) is 0 Å². The Morgan fingerprint density at radius 3 is 1.83 bits per heavy atom. The normalized spacial score (nSPS) is 13.0. The summed E-state index contributed by atoms with van der Waals surface area (Å²) in [7, 11) is 2.27. The molecule has 0 saturated carbocycles. The first kappa shape index (κ1) is 17.9. The van der Waals surface area contributed by atoms with Crippen LogP contribution in [0.25, 0.3) is 0 Å². The Balaban J connectivity index is 4.68. The molecule has 0 rings (SSSR count). The van der Waals surface area contributed by atoms with Crippen LogP contribution in [0, 0.1) is 11.8 Å². The summed E-state index contributed by atoms with van der Waals surface area (Å²) in [6.45, 7) is 13.5. The molecular formula is C16H36N2. The quantitative estimate of drug-likeness (QED) is 0.601. The van der Waals surface area contributed by atoms with Gasteiger partial charge in [-0.25, -0.2) is 0 Å². The molecule has 2 N–H and O–H groups in total. The molecule has 2 nitrogen and oxygen atoms in total. The van der Waals surface area contributed by atoms with Gasteiger partial charge in [-0.2, -0.15) is 0 Å². The van der Waals surface area contributed by atoms with Crippen molar-refractivity contribution in [3.8, 4) is 0 Å². The standard InChI is InChI=1S/C16H36N2/c1-7-8-9-10-18(6)16(13-17,11-14(2)3)12-15(4)5/h14-15H,7-13,17H2,1-6H3. The van der Waals surface area contributed by atoms with E-state index in [1.54, 1.807) is 0 Å². The van der Waals surface area contributed by atoms with E-state index in [9.17, 15) is 0 Å². The Labute approximate surface area is 115 Å². The number of nitrogens with two attached hydrogens (primary N) is 1. The first-order valence-corrected chi connectivity index (χ1v) is 7.79. The molecule has 18 heavy (non-hydrogen) atoms. The maximum absolute atomic E-state index is 6.17. The molecule has 0 aromatic heterocycles. The third-order valence-corrected chi connectivity index (χ3v) is 3.86. The third kappa shape index (κ3) is 6.19. The molecule has 0 amide bonds. The minimum Gasteiger partial charge on any atom is -0.329 e. The summed E-state index contributed by atoms with van der Waals surface area (Å²) < 4.78 is 0. The number of hydrogen-bond donors (Lipinski definition) is 1. The summed E-state index contributed by atoms with van der Waals surface area (Å²) in [6, 6.07) is 0. The molecule has 110 valence electrons. The van der Waals surface area contributed by atoms with Crippen molar-refractivity contribution < 1.29 is 0 Å². The van der Waals surface area contributed by atoms with Gasteiger partial charge in [0.05, 0.1) is 0 Å². The van der Waals surface area contributed by atoms with Crippen LogP contribution in [-0.4, -0.2) is 30.6 Å². The Bertz CT molecular complexity index is 189. The van der Waals surface area contributed by atoms with Crippen LogP contribution in [0.2, 0.25) is 0 Å². The van der Waals surface area contributed by atoms with Gasteiger partial charge in [-0.1, -0.05) is 47.5 Å². The Morgan fingerprint density at radius 1 is 1.00 bits per heavy atom. The van der Waals surface area contributed by atoms with Crippen LogP contribution in [0.4, 0.5) is 0 Å².